The molecule has 6 rings (SSSR count). The van der Waals surface area contributed by atoms with E-state index in [0.717, 1.165) is 18.4 Å². The van der Waals surface area contributed by atoms with E-state index >= 15 is 8.78 Å². The van der Waals surface area contributed by atoms with Crippen LogP contribution in [-0.2, 0) is 11.8 Å². The van der Waals surface area contributed by atoms with Gasteiger partial charge in [-0.1, -0.05) is 0 Å². The number of benzene rings is 2. The fraction of sp³-hybridized carbons (Fsp3) is 0.261. The smallest absolute Gasteiger partial charge is 0.233 e. The van der Waals surface area contributed by atoms with Crippen LogP contribution in [0.4, 0.5) is 14.5 Å². The first-order chi connectivity index (χ1) is 15.0. The van der Waals surface area contributed by atoms with Crippen LogP contribution in [-0.4, -0.2) is 25.7 Å². The van der Waals surface area contributed by atoms with Gasteiger partial charge in [-0.05, 0) is 54.7 Å². The topological polar surface area (TPSA) is 66.8 Å². The highest BCUT2D eigenvalue weighted by Crippen LogP contribution is 2.55. The van der Waals surface area contributed by atoms with E-state index in [9.17, 15) is 4.79 Å². The third-order valence-electron chi connectivity index (χ3n) is 6.37. The Labute approximate surface area is 176 Å². The van der Waals surface area contributed by atoms with E-state index in [1.54, 1.807) is 42.6 Å². The number of H-pyrrole nitrogens is 1. The number of β-lactam (4-membered cyclic amide) rings is 1. The average Bonchev–Trinajstić information content (AvgIpc) is 3.26. The summed E-state index contributed by atoms with van der Waals surface area (Å²) >= 11 is 0. The number of hydrogen-bond donors (Lipinski definition) is 1. The molecule has 0 bridgehead atoms. The molecule has 1 saturated carbocycles. The summed E-state index contributed by atoms with van der Waals surface area (Å²) in [5.41, 5.74) is 3.14. The standard InChI is InChI=1S/C23H19F2N5O/c1-29-10-14(9-28-29)13-6-16(24)21(17(25)7-13)22-20(12-2-3-12)23(31)30(22)15-4-5-18-19(8-15)27-11-26-18/h4-12,20,22H,2-3H2,1H3,(H,26,27). The normalized spacial score (nSPS) is 21.0. The Balaban J connectivity index is 1.44. The number of aryl methyl sites for hydroxylation is 1. The van der Waals surface area contributed by atoms with Crippen molar-refractivity contribution in [3.8, 4) is 11.1 Å². The largest absolute Gasteiger partial charge is 0.345 e. The summed E-state index contributed by atoms with van der Waals surface area (Å²) in [6.45, 7) is 0. The van der Waals surface area contributed by atoms with Gasteiger partial charge in [0.15, 0.2) is 0 Å². The van der Waals surface area contributed by atoms with Crippen molar-refractivity contribution in [3.05, 3.63) is 66.3 Å². The Morgan fingerprint density at radius 3 is 2.55 bits per heavy atom. The van der Waals surface area contributed by atoms with Gasteiger partial charge in [-0.15, -0.1) is 0 Å². The molecular formula is C23H19F2N5O. The van der Waals surface area contributed by atoms with E-state index in [-0.39, 0.29) is 17.4 Å². The van der Waals surface area contributed by atoms with Gasteiger partial charge in [0, 0.05) is 30.1 Å². The number of anilines is 1. The number of carbonyl (C=O) groups is 1. The van der Waals surface area contributed by atoms with Gasteiger partial charge >= 0.3 is 0 Å². The first kappa shape index (κ1) is 18.2. The Hall–Kier alpha value is -3.55. The Morgan fingerprint density at radius 2 is 1.87 bits per heavy atom. The number of hydrogen-bond acceptors (Lipinski definition) is 3. The summed E-state index contributed by atoms with van der Waals surface area (Å²) in [4.78, 5) is 21.8. The number of imidazole rings is 1. The lowest BCUT2D eigenvalue weighted by Gasteiger charge is -2.48. The maximum Gasteiger partial charge on any atom is 0.233 e. The van der Waals surface area contributed by atoms with Gasteiger partial charge in [-0.25, -0.2) is 13.8 Å². The van der Waals surface area contributed by atoms with Gasteiger partial charge in [0.2, 0.25) is 5.91 Å². The molecule has 1 aliphatic carbocycles. The van der Waals surface area contributed by atoms with E-state index in [1.165, 1.54) is 17.0 Å². The van der Waals surface area contributed by atoms with Gasteiger partial charge in [-0.3, -0.25) is 9.48 Å². The maximum absolute atomic E-state index is 15.3. The molecule has 4 aromatic rings. The number of rotatable bonds is 4. The van der Waals surface area contributed by atoms with Crippen LogP contribution in [0.25, 0.3) is 22.2 Å². The molecule has 2 aromatic heterocycles. The number of carbonyl (C=O) groups excluding carboxylic acids is 1. The second-order valence-corrected chi connectivity index (χ2v) is 8.38. The molecule has 6 nitrogen and oxygen atoms in total. The fourth-order valence-corrected chi connectivity index (χ4v) is 4.70. The molecule has 2 unspecified atom stereocenters. The third kappa shape index (κ3) is 2.78. The number of aromatic nitrogens is 4. The van der Waals surface area contributed by atoms with Crippen molar-refractivity contribution in [3.63, 3.8) is 0 Å². The van der Waals surface area contributed by atoms with Crippen molar-refractivity contribution in [1.29, 1.82) is 0 Å². The molecule has 1 saturated heterocycles. The highest BCUT2D eigenvalue weighted by molar-refractivity contribution is 6.04. The van der Waals surface area contributed by atoms with Gasteiger partial charge in [0.25, 0.3) is 0 Å². The minimum Gasteiger partial charge on any atom is -0.345 e. The zero-order valence-corrected chi connectivity index (χ0v) is 16.7. The summed E-state index contributed by atoms with van der Waals surface area (Å²) in [6.07, 6.45) is 6.68. The molecule has 2 aliphatic rings. The molecule has 31 heavy (non-hydrogen) atoms. The highest BCUT2D eigenvalue weighted by Gasteiger charge is 2.56. The molecule has 0 spiro atoms. The number of nitrogens with zero attached hydrogens (tertiary/aromatic N) is 4. The van der Waals surface area contributed by atoms with Crippen molar-refractivity contribution in [2.24, 2.45) is 18.9 Å². The van der Waals surface area contributed by atoms with Crippen LogP contribution >= 0.6 is 0 Å². The van der Waals surface area contributed by atoms with Crippen LogP contribution in [0.3, 0.4) is 0 Å². The second kappa shape index (κ2) is 6.47. The predicted molar refractivity (Wildman–Crippen MR) is 111 cm³/mol. The maximum atomic E-state index is 15.3. The SMILES string of the molecule is Cn1cc(-c2cc(F)c(C3C(C4CC4)C(=O)N3c3ccc4[nH]cnc4c3)c(F)c2)cn1. The Bertz CT molecular complexity index is 1320. The van der Waals surface area contributed by atoms with Gasteiger partial charge in [-0.2, -0.15) is 5.10 Å². The minimum absolute atomic E-state index is 0.0498. The van der Waals surface area contributed by atoms with E-state index < -0.39 is 23.6 Å². The van der Waals surface area contributed by atoms with Gasteiger partial charge < -0.3 is 9.88 Å². The average molecular weight is 419 g/mol. The molecule has 2 atom stereocenters. The fourth-order valence-electron chi connectivity index (χ4n) is 4.70. The molecule has 3 heterocycles. The molecule has 1 aliphatic heterocycles. The Kier molecular flexibility index (Phi) is 3.81. The number of fused-ring (bicyclic) bond motifs is 1. The van der Waals surface area contributed by atoms with Crippen LogP contribution in [0.15, 0.2) is 49.1 Å². The molecule has 2 aromatic carbocycles. The minimum atomic E-state index is -0.667. The zero-order valence-electron chi connectivity index (χ0n) is 16.7. The van der Waals surface area contributed by atoms with E-state index in [0.29, 0.717) is 22.3 Å². The molecule has 2 fully saturated rings. The van der Waals surface area contributed by atoms with E-state index in [4.69, 9.17) is 0 Å². The lowest BCUT2D eigenvalue weighted by molar-refractivity contribution is -0.131. The van der Waals surface area contributed by atoms with Crippen LogP contribution in [0, 0.1) is 23.5 Å². The second-order valence-electron chi connectivity index (χ2n) is 8.38. The van der Waals surface area contributed by atoms with Crippen LogP contribution in [0.1, 0.15) is 24.4 Å². The van der Waals surface area contributed by atoms with Crippen LogP contribution in [0.5, 0.6) is 0 Å². The molecule has 8 heteroatoms. The van der Waals surface area contributed by atoms with Gasteiger partial charge in [0.05, 0.1) is 35.5 Å². The zero-order chi connectivity index (χ0) is 21.3. The predicted octanol–water partition coefficient (Wildman–Crippen LogP) is 4.36. The van der Waals surface area contributed by atoms with Crippen molar-refractivity contribution in [2.45, 2.75) is 18.9 Å². The summed E-state index contributed by atoms with van der Waals surface area (Å²) in [5, 5.41) is 4.07. The number of amides is 1. The van der Waals surface area contributed by atoms with Crippen LogP contribution < -0.4 is 4.90 Å². The quantitative estimate of drug-likeness (QED) is 0.500. The Morgan fingerprint density at radius 1 is 1.10 bits per heavy atom. The number of aromatic amines is 1. The van der Waals surface area contributed by atoms with Crippen molar-refractivity contribution < 1.29 is 13.6 Å². The molecule has 156 valence electrons. The van der Waals surface area contributed by atoms with Gasteiger partial charge in [0.1, 0.15) is 11.6 Å². The van der Waals surface area contributed by atoms with E-state index in [1.807, 2.05) is 6.07 Å². The monoisotopic (exact) mass is 419 g/mol. The summed E-state index contributed by atoms with van der Waals surface area (Å²) in [6, 6.07) is 7.38. The summed E-state index contributed by atoms with van der Waals surface area (Å²) in [7, 11) is 1.75. The highest BCUT2D eigenvalue weighted by atomic mass is 19.1. The van der Waals surface area contributed by atoms with Crippen molar-refractivity contribution >= 4 is 22.6 Å². The molecule has 1 amide bonds. The van der Waals surface area contributed by atoms with Crippen molar-refractivity contribution in [2.75, 3.05) is 4.90 Å². The van der Waals surface area contributed by atoms with Crippen molar-refractivity contribution in [1.82, 2.24) is 19.7 Å². The lowest BCUT2D eigenvalue weighted by atomic mass is 9.78. The summed E-state index contributed by atoms with van der Waals surface area (Å²) < 4.78 is 32.2. The summed E-state index contributed by atoms with van der Waals surface area (Å²) in [5.74, 6) is -1.60. The lowest BCUT2D eigenvalue weighted by Crippen LogP contribution is -2.56. The molecule has 0 radical (unpaired) electrons. The van der Waals surface area contributed by atoms with E-state index in [2.05, 4.69) is 15.1 Å². The number of halogens is 2. The number of nitrogens with one attached hydrogen (secondary N) is 1. The first-order valence-corrected chi connectivity index (χ1v) is 10.3. The van der Waals surface area contributed by atoms with Crippen LogP contribution in [0.2, 0.25) is 0 Å². The molecular weight excluding hydrogens is 400 g/mol. The first-order valence-electron chi connectivity index (χ1n) is 10.3. The molecule has 1 N–H and O–H groups in total. The third-order valence-corrected chi connectivity index (χ3v) is 6.37.